The molecule has 1 aromatic carbocycles. The van der Waals surface area contributed by atoms with Crippen molar-refractivity contribution in [3.8, 4) is 0 Å². The van der Waals surface area contributed by atoms with Gasteiger partial charge in [0.25, 0.3) is 0 Å². The molecule has 1 aromatic rings. The summed E-state index contributed by atoms with van der Waals surface area (Å²) < 4.78 is 35.9. The van der Waals surface area contributed by atoms with Gasteiger partial charge < -0.3 is 11.1 Å². The van der Waals surface area contributed by atoms with E-state index in [1.807, 2.05) is 0 Å². The Morgan fingerprint density at radius 3 is 2.46 bits per heavy atom. The summed E-state index contributed by atoms with van der Waals surface area (Å²) in [7, 11) is 0. The highest BCUT2D eigenvalue weighted by atomic mass is 19.4. The van der Waals surface area contributed by atoms with Gasteiger partial charge in [-0.2, -0.15) is 13.2 Å². The largest absolute Gasteiger partial charge is 0.401 e. The minimum atomic E-state index is -4.12. The van der Waals surface area contributed by atoms with E-state index in [0.717, 1.165) is 13.0 Å². The highest BCUT2D eigenvalue weighted by molar-refractivity contribution is 5.46. The second-order valence-corrected chi connectivity index (χ2v) is 6.71. The molecule has 148 valence electrons. The third-order valence-electron chi connectivity index (χ3n) is 4.59. The first-order valence-electron chi connectivity index (χ1n) is 9.04. The van der Waals surface area contributed by atoms with Crippen molar-refractivity contribution in [3.05, 3.63) is 35.4 Å². The van der Waals surface area contributed by atoms with Crippen molar-refractivity contribution in [2.24, 2.45) is 5.73 Å². The Hall–Kier alpha value is -1.60. The summed E-state index contributed by atoms with van der Waals surface area (Å²) in [4.78, 5) is 11.4. The van der Waals surface area contributed by atoms with Crippen molar-refractivity contribution < 1.29 is 18.0 Å². The molecule has 0 spiro atoms. The molecule has 4 nitrogen and oxygen atoms in total. The molecule has 1 atom stereocenters. The Bertz CT molecular complexity index is 525. The summed E-state index contributed by atoms with van der Waals surface area (Å²) >= 11 is 0. The van der Waals surface area contributed by atoms with Crippen molar-refractivity contribution in [3.63, 3.8) is 0 Å². The highest BCUT2D eigenvalue weighted by Gasteiger charge is 2.32. The molecule has 0 aliphatic carbocycles. The molecule has 1 unspecified atom stereocenters. The molecule has 0 radical (unpaired) electrons. The number of benzene rings is 1. The third kappa shape index (κ3) is 8.67. The Balaban J connectivity index is 0.000000263. The summed E-state index contributed by atoms with van der Waals surface area (Å²) in [6.45, 7) is 4.99. The number of likely N-dealkylation sites (tertiary alicyclic amines) is 1. The number of rotatable bonds is 6. The zero-order valence-corrected chi connectivity index (χ0v) is 15.6. The van der Waals surface area contributed by atoms with Crippen LogP contribution in [0.4, 0.5) is 13.2 Å². The molecule has 26 heavy (non-hydrogen) atoms. The summed E-state index contributed by atoms with van der Waals surface area (Å²) in [5.41, 5.74) is 8.36. The van der Waals surface area contributed by atoms with Crippen LogP contribution in [0.5, 0.6) is 0 Å². The zero-order valence-electron chi connectivity index (χ0n) is 15.6. The average molecular weight is 373 g/mol. The Morgan fingerprint density at radius 2 is 2.00 bits per heavy atom. The van der Waals surface area contributed by atoms with E-state index >= 15 is 0 Å². The minimum absolute atomic E-state index is 0.0389. The quantitative estimate of drug-likeness (QED) is 0.753. The number of carbonyl (C=O) groups excluding carboxylic acids is 1. The van der Waals surface area contributed by atoms with Crippen molar-refractivity contribution in [1.82, 2.24) is 10.2 Å². The molecule has 7 heteroatoms. The summed E-state index contributed by atoms with van der Waals surface area (Å²) in [5, 5.41) is 2.58. The fourth-order valence-corrected chi connectivity index (χ4v) is 3.07. The Kier molecular flexibility index (Phi) is 9.65. The van der Waals surface area contributed by atoms with Gasteiger partial charge in [-0.1, -0.05) is 36.8 Å². The first-order valence-corrected chi connectivity index (χ1v) is 9.04. The van der Waals surface area contributed by atoms with Crippen LogP contribution in [-0.4, -0.2) is 49.7 Å². The lowest BCUT2D eigenvalue weighted by Gasteiger charge is -2.31. The van der Waals surface area contributed by atoms with E-state index in [1.165, 1.54) is 16.0 Å². The third-order valence-corrected chi connectivity index (χ3v) is 4.59. The van der Waals surface area contributed by atoms with E-state index in [9.17, 15) is 18.0 Å². The standard InChI is InChI=1S/C11H17N.C8H13F3N2O/c1-3-10(8-12)11-6-4-5-9(2)7-11;9-8(10,11)5-13-3-1-7(2-4-13)12-6-14/h4-7,10H,3,8,12H2,1-2H3;6-7H,1-5H2,(H,12,14). The number of carbonyl (C=O) groups is 1. The molecule has 1 fully saturated rings. The number of nitrogens with one attached hydrogen (secondary N) is 1. The maximum absolute atomic E-state index is 12.0. The monoisotopic (exact) mass is 373 g/mol. The molecule has 0 aromatic heterocycles. The average Bonchev–Trinajstić information content (AvgIpc) is 2.57. The second-order valence-electron chi connectivity index (χ2n) is 6.71. The molecular formula is C19H30F3N3O. The summed E-state index contributed by atoms with van der Waals surface area (Å²) in [6, 6.07) is 8.64. The smallest absolute Gasteiger partial charge is 0.356 e. The maximum Gasteiger partial charge on any atom is 0.401 e. The van der Waals surface area contributed by atoms with Gasteiger partial charge in [-0.15, -0.1) is 0 Å². The van der Waals surface area contributed by atoms with Crippen LogP contribution in [-0.2, 0) is 4.79 Å². The van der Waals surface area contributed by atoms with Crippen LogP contribution >= 0.6 is 0 Å². The van der Waals surface area contributed by atoms with E-state index in [-0.39, 0.29) is 6.04 Å². The number of nitrogens with zero attached hydrogens (tertiary/aromatic N) is 1. The molecular weight excluding hydrogens is 343 g/mol. The molecule has 1 heterocycles. The van der Waals surface area contributed by atoms with Crippen LogP contribution < -0.4 is 11.1 Å². The van der Waals surface area contributed by atoms with Gasteiger partial charge in [0.15, 0.2) is 0 Å². The zero-order chi connectivity index (χ0) is 19.6. The number of halogens is 3. The first kappa shape index (κ1) is 22.4. The summed E-state index contributed by atoms with van der Waals surface area (Å²) in [5.74, 6) is 0.532. The lowest BCUT2D eigenvalue weighted by Crippen LogP contribution is -2.45. The van der Waals surface area contributed by atoms with E-state index in [1.54, 1.807) is 0 Å². The summed E-state index contributed by atoms with van der Waals surface area (Å²) in [6.07, 6.45) is -1.21. The van der Waals surface area contributed by atoms with E-state index in [2.05, 4.69) is 43.4 Å². The first-order chi connectivity index (χ1) is 12.3. The maximum atomic E-state index is 12.0. The van der Waals surface area contributed by atoms with Crippen molar-refractivity contribution >= 4 is 6.41 Å². The fraction of sp³-hybridized carbons (Fsp3) is 0.632. The molecule has 1 saturated heterocycles. The van der Waals surface area contributed by atoms with E-state index in [4.69, 9.17) is 5.73 Å². The number of hydrogen-bond donors (Lipinski definition) is 2. The van der Waals surface area contributed by atoms with Crippen molar-refractivity contribution in [1.29, 1.82) is 0 Å². The second kappa shape index (κ2) is 11.2. The van der Waals surface area contributed by atoms with Gasteiger partial charge in [-0.25, -0.2) is 0 Å². The van der Waals surface area contributed by atoms with E-state index in [0.29, 0.717) is 38.3 Å². The number of hydrogen-bond acceptors (Lipinski definition) is 3. The predicted octanol–water partition coefficient (Wildman–Crippen LogP) is 3.21. The van der Waals surface area contributed by atoms with E-state index < -0.39 is 12.7 Å². The number of piperidine rings is 1. The normalized spacial score (nSPS) is 17.2. The minimum Gasteiger partial charge on any atom is -0.356 e. The van der Waals surface area contributed by atoms with Gasteiger partial charge in [0.05, 0.1) is 6.54 Å². The fourth-order valence-electron chi connectivity index (χ4n) is 3.07. The van der Waals surface area contributed by atoms with Crippen LogP contribution in [0.2, 0.25) is 0 Å². The van der Waals surface area contributed by atoms with Crippen LogP contribution in [0.25, 0.3) is 0 Å². The van der Waals surface area contributed by atoms with Gasteiger partial charge in [0, 0.05) is 19.1 Å². The molecule has 3 N–H and O–H groups in total. The molecule has 1 amide bonds. The Labute approximate surface area is 153 Å². The van der Waals surface area contributed by atoms with Crippen LogP contribution in [0.1, 0.15) is 43.2 Å². The highest BCUT2D eigenvalue weighted by Crippen LogP contribution is 2.20. The van der Waals surface area contributed by atoms with Crippen molar-refractivity contribution in [2.45, 2.75) is 51.2 Å². The molecule has 1 aliphatic heterocycles. The molecule has 0 saturated carbocycles. The topological polar surface area (TPSA) is 58.4 Å². The molecule has 0 bridgehead atoms. The SMILES string of the molecule is CCC(CN)c1cccc(C)c1.O=CNC1CCN(CC(F)(F)F)CC1. The Morgan fingerprint density at radius 1 is 1.35 bits per heavy atom. The molecule has 1 aliphatic rings. The van der Waals surface area contributed by atoms with Crippen LogP contribution in [0, 0.1) is 6.92 Å². The number of aryl methyl sites for hydroxylation is 1. The van der Waals surface area contributed by atoms with Crippen LogP contribution in [0.15, 0.2) is 24.3 Å². The van der Waals surface area contributed by atoms with Crippen molar-refractivity contribution in [2.75, 3.05) is 26.2 Å². The predicted molar refractivity (Wildman–Crippen MR) is 98.0 cm³/mol. The lowest BCUT2D eigenvalue weighted by atomic mass is 9.95. The number of alkyl halides is 3. The number of nitrogens with two attached hydrogens (primary N) is 1. The molecule has 2 rings (SSSR count). The van der Waals surface area contributed by atoms with Gasteiger partial charge in [0.2, 0.25) is 6.41 Å². The van der Waals surface area contributed by atoms with Gasteiger partial charge in [0.1, 0.15) is 0 Å². The number of amides is 1. The lowest BCUT2D eigenvalue weighted by molar-refractivity contribution is -0.148. The van der Waals surface area contributed by atoms with Gasteiger partial charge >= 0.3 is 6.18 Å². The van der Waals surface area contributed by atoms with Gasteiger partial charge in [-0.05, 0) is 44.2 Å². The van der Waals surface area contributed by atoms with Gasteiger partial charge in [-0.3, -0.25) is 9.69 Å². The van der Waals surface area contributed by atoms with Crippen LogP contribution in [0.3, 0.4) is 0 Å².